The van der Waals surface area contributed by atoms with Crippen LogP contribution >= 0.6 is 11.6 Å². The fourth-order valence-corrected chi connectivity index (χ4v) is 3.22. The first-order valence-corrected chi connectivity index (χ1v) is 8.76. The maximum Gasteiger partial charge on any atom is 0.255 e. The van der Waals surface area contributed by atoms with Gasteiger partial charge in [0.05, 0.1) is 51.0 Å². The molecule has 0 unspecified atom stereocenters. The molecule has 0 aliphatic carbocycles. The van der Waals surface area contributed by atoms with E-state index in [4.69, 9.17) is 16.3 Å². The number of rotatable bonds is 4. The van der Waals surface area contributed by atoms with Gasteiger partial charge < -0.3 is 19.9 Å². The zero-order valence-corrected chi connectivity index (χ0v) is 15.3. The summed E-state index contributed by atoms with van der Waals surface area (Å²) in [5.41, 5.74) is 2.29. The molecule has 0 bridgehead atoms. The molecule has 1 aliphatic heterocycles. The number of amides is 1. The molecule has 0 spiro atoms. The number of halogens is 1. The molecule has 2 N–H and O–H groups in total. The van der Waals surface area contributed by atoms with Crippen molar-refractivity contribution in [1.82, 2.24) is 0 Å². The Hall–Kier alpha value is -2.24. The molecule has 3 rings (SSSR count). The first-order valence-electron chi connectivity index (χ1n) is 8.38. The maximum absolute atomic E-state index is 12.3. The van der Waals surface area contributed by atoms with Crippen LogP contribution in [-0.2, 0) is 0 Å². The fourth-order valence-electron chi connectivity index (χ4n) is 2.92. The molecule has 1 fully saturated rings. The lowest BCUT2D eigenvalue weighted by Crippen LogP contribution is -3.12. The van der Waals surface area contributed by atoms with Crippen LogP contribution in [0.4, 0.5) is 11.4 Å². The summed E-state index contributed by atoms with van der Waals surface area (Å²) in [6, 6.07) is 12.7. The second-order valence-corrected chi connectivity index (χ2v) is 6.70. The normalized spacial score (nSPS) is 15.1. The van der Waals surface area contributed by atoms with E-state index in [2.05, 4.69) is 17.3 Å². The molecule has 5 nitrogen and oxygen atoms in total. The highest BCUT2D eigenvalue weighted by Crippen LogP contribution is 2.29. The lowest BCUT2D eigenvalue weighted by atomic mass is 10.2. The Morgan fingerprint density at radius 1 is 1.16 bits per heavy atom. The minimum Gasteiger partial charge on any atom is -0.497 e. The molecule has 0 saturated carbocycles. The van der Waals surface area contributed by atoms with Gasteiger partial charge >= 0.3 is 0 Å². The highest BCUT2D eigenvalue weighted by Gasteiger charge is 2.19. The Morgan fingerprint density at radius 3 is 2.44 bits per heavy atom. The van der Waals surface area contributed by atoms with Crippen molar-refractivity contribution in [2.45, 2.75) is 0 Å². The summed E-state index contributed by atoms with van der Waals surface area (Å²) in [6.45, 7) is 4.19. The van der Waals surface area contributed by atoms with Gasteiger partial charge in [-0.1, -0.05) is 11.6 Å². The smallest absolute Gasteiger partial charge is 0.255 e. The van der Waals surface area contributed by atoms with Crippen molar-refractivity contribution in [2.24, 2.45) is 0 Å². The molecule has 25 heavy (non-hydrogen) atoms. The van der Waals surface area contributed by atoms with Gasteiger partial charge in [0.2, 0.25) is 0 Å². The zero-order valence-electron chi connectivity index (χ0n) is 14.5. The Kier molecular flexibility index (Phi) is 5.46. The number of hydrogen-bond acceptors (Lipinski definition) is 3. The quantitative estimate of drug-likeness (QED) is 0.876. The number of quaternary nitrogens is 1. The van der Waals surface area contributed by atoms with Gasteiger partial charge in [0.1, 0.15) is 5.75 Å². The molecular formula is C19H23ClN3O2+. The summed E-state index contributed by atoms with van der Waals surface area (Å²) >= 11 is 6.45. The van der Waals surface area contributed by atoms with Crippen LogP contribution in [0.25, 0.3) is 0 Å². The molecule has 132 valence electrons. The topological polar surface area (TPSA) is 46.0 Å². The van der Waals surface area contributed by atoms with E-state index in [9.17, 15) is 4.79 Å². The molecule has 2 aromatic rings. The molecule has 1 aliphatic rings. The number of likely N-dealkylation sites (N-methyl/N-ethyl adjacent to an activating group) is 1. The van der Waals surface area contributed by atoms with E-state index < -0.39 is 0 Å². The summed E-state index contributed by atoms with van der Waals surface area (Å²) in [4.78, 5) is 16.2. The van der Waals surface area contributed by atoms with E-state index in [0.29, 0.717) is 16.3 Å². The number of hydrogen-bond donors (Lipinski definition) is 2. The molecule has 0 atom stereocenters. The maximum atomic E-state index is 12.3. The van der Waals surface area contributed by atoms with Gasteiger partial charge in [0, 0.05) is 11.3 Å². The number of carbonyl (C=O) groups excluding carboxylic acids is 1. The SMILES string of the molecule is COc1ccc(C(=O)Nc2ccc(N3CC[NH+](C)CC3)c(Cl)c2)cc1. The number of nitrogens with one attached hydrogen (secondary N) is 2. The summed E-state index contributed by atoms with van der Waals surface area (Å²) in [5, 5.41) is 3.55. The van der Waals surface area contributed by atoms with Crippen LogP contribution in [-0.4, -0.2) is 46.2 Å². The van der Waals surface area contributed by atoms with Crippen LogP contribution in [0.5, 0.6) is 5.75 Å². The molecule has 2 aromatic carbocycles. The Bertz CT molecular complexity index is 741. The molecule has 1 saturated heterocycles. The molecule has 6 heteroatoms. The van der Waals surface area contributed by atoms with Crippen molar-refractivity contribution in [3.63, 3.8) is 0 Å². The molecule has 0 radical (unpaired) electrons. The first-order chi connectivity index (χ1) is 12.1. The largest absolute Gasteiger partial charge is 0.497 e. The predicted octanol–water partition coefficient (Wildman–Crippen LogP) is 1.94. The Labute approximate surface area is 153 Å². The van der Waals surface area contributed by atoms with Crippen LogP contribution < -0.4 is 19.9 Å². The third-order valence-electron chi connectivity index (χ3n) is 4.52. The zero-order chi connectivity index (χ0) is 17.8. The second kappa shape index (κ2) is 7.76. The average Bonchev–Trinajstić information content (AvgIpc) is 2.63. The van der Waals surface area contributed by atoms with Gasteiger partial charge in [-0.2, -0.15) is 0 Å². The van der Waals surface area contributed by atoms with Crippen LogP contribution in [0.1, 0.15) is 10.4 Å². The number of nitrogens with zero attached hydrogens (tertiary/aromatic N) is 1. The van der Waals surface area contributed by atoms with Gasteiger partial charge in [-0.25, -0.2) is 0 Å². The van der Waals surface area contributed by atoms with Crippen molar-refractivity contribution < 1.29 is 14.4 Å². The van der Waals surface area contributed by atoms with E-state index >= 15 is 0 Å². The second-order valence-electron chi connectivity index (χ2n) is 6.29. The number of carbonyl (C=O) groups is 1. The van der Waals surface area contributed by atoms with Crippen molar-refractivity contribution in [3.05, 3.63) is 53.1 Å². The fraction of sp³-hybridized carbons (Fsp3) is 0.316. The summed E-state index contributed by atoms with van der Waals surface area (Å²) in [5.74, 6) is 0.549. The van der Waals surface area contributed by atoms with Crippen LogP contribution in [0, 0.1) is 0 Å². The van der Waals surface area contributed by atoms with Crippen molar-refractivity contribution in [3.8, 4) is 5.75 Å². The Balaban J connectivity index is 1.68. The van der Waals surface area contributed by atoms with Gasteiger partial charge in [-0.3, -0.25) is 4.79 Å². The van der Waals surface area contributed by atoms with E-state index in [-0.39, 0.29) is 5.91 Å². The van der Waals surface area contributed by atoms with Crippen molar-refractivity contribution >= 4 is 28.9 Å². The predicted molar refractivity (Wildman–Crippen MR) is 101 cm³/mol. The third kappa shape index (κ3) is 4.24. The van der Waals surface area contributed by atoms with Gasteiger partial charge in [-0.15, -0.1) is 0 Å². The van der Waals surface area contributed by atoms with E-state index in [1.807, 2.05) is 18.2 Å². The standard InChI is InChI=1S/C19H22ClN3O2/c1-22-9-11-23(12-10-22)18-8-5-15(13-17(18)20)21-19(24)14-3-6-16(25-2)7-4-14/h3-8,13H,9-12H2,1-2H3,(H,21,24)/p+1. The minimum absolute atomic E-state index is 0.172. The third-order valence-corrected chi connectivity index (χ3v) is 4.82. The number of benzene rings is 2. The monoisotopic (exact) mass is 360 g/mol. The van der Waals surface area contributed by atoms with Gasteiger partial charge in [0.25, 0.3) is 5.91 Å². The van der Waals surface area contributed by atoms with E-state index in [1.165, 1.54) is 4.90 Å². The van der Waals surface area contributed by atoms with Crippen molar-refractivity contribution in [1.29, 1.82) is 0 Å². The lowest BCUT2D eigenvalue weighted by molar-refractivity contribution is -0.880. The van der Waals surface area contributed by atoms with Gasteiger partial charge in [0.15, 0.2) is 0 Å². The Morgan fingerprint density at radius 2 is 1.84 bits per heavy atom. The summed E-state index contributed by atoms with van der Waals surface area (Å²) in [6.07, 6.45) is 0. The lowest BCUT2D eigenvalue weighted by Gasteiger charge is -2.32. The molecular weight excluding hydrogens is 338 g/mol. The summed E-state index contributed by atoms with van der Waals surface area (Å²) < 4.78 is 5.11. The van der Waals surface area contributed by atoms with E-state index in [0.717, 1.165) is 37.6 Å². The first kappa shape index (κ1) is 17.6. The molecule has 0 aromatic heterocycles. The van der Waals surface area contributed by atoms with Crippen LogP contribution in [0.15, 0.2) is 42.5 Å². The number of piperazine rings is 1. The van der Waals surface area contributed by atoms with Crippen LogP contribution in [0.3, 0.4) is 0 Å². The minimum atomic E-state index is -0.172. The van der Waals surface area contributed by atoms with Gasteiger partial charge in [-0.05, 0) is 42.5 Å². The average molecular weight is 361 g/mol. The molecule has 1 heterocycles. The van der Waals surface area contributed by atoms with Crippen LogP contribution in [0.2, 0.25) is 5.02 Å². The number of ether oxygens (including phenoxy) is 1. The van der Waals surface area contributed by atoms with Crippen molar-refractivity contribution in [2.75, 3.05) is 50.6 Å². The number of methoxy groups -OCH3 is 1. The number of anilines is 2. The summed E-state index contributed by atoms with van der Waals surface area (Å²) in [7, 11) is 3.80. The highest BCUT2D eigenvalue weighted by molar-refractivity contribution is 6.33. The molecule has 1 amide bonds. The van der Waals surface area contributed by atoms with E-state index in [1.54, 1.807) is 31.4 Å². The highest BCUT2D eigenvalue weighted by atomic mass is 35.5.